The molecule has 88 valence electrons. The van der Waals surface area contributed by atoms with Gasteiger partial charge in [0, 0.05) is 13.1 Å². The highest BCUT2D eigenvalue weighted by molar-refractivity contribution is 5.77. The maximum atomic E-state index is 12.0. The summed E-state index contributed by atoms with van der Waals surface area (Å²) in [6.07, 6.45) is -6.22. The van der Waals surface area contributed by atoms with Crippen molar-refractivity contribution in [3.8, 4) is 0 Å². The molecule has 0 radical (unpaired) electrons. The highest BCUT2D eigenvalue weighted by Crippen LogP contribution is 2.22. The number of halogens is 3. The lowest BCUT2D eigenvalue weighted by molar-refractivity contribution is -0.168. The Balaban J connectivity index is 2.52. The van der Waals surface area contributed by atoms with Gasteiger partial charge >= 0.3 is 6.18 Å². The Kier molecular flexibility index (Phi) is 3.59. The van der Waals surface area contributed by atoms with Gasteiger partial charge in [-0.3, -0.25) is 4.79 Å². The summed E-state index contributed by atoms with van der Waals surface area (Å²) in [7, 11) is 0. The molecule has 1 rings (SSSR count). The molecule has 0 bridgehead atoms. The third kappa shape index (κ3) is 4.07. The van der Waals surface area contributed by atoms with Crippen LogP contribution in [-0.2, 0) is 9.53 Å². The van der Waals surface area contributed by atoms with Gasteiger partial charge in [-0.2, -0.15) is 13.2 Å². The number of hydrogen-bond acceptors (Lipinski definition) is 2. The number of alkyl halides is 3. The van der Waals surface area contributed by atoms with E-state index in [2.05, 4.69) is 0 Å². The zero-order valence-electron chi connectivity index (χ0n) is 8.67. The Hall–Kier alpha value is -0.780. The van der Waals surface area contributed by atoms with Gasteiger partial charge in [-0.1, -0.05) is 0 Å². The van der Waals surface area contributed by atoms with Gasteiger partial charge < -0.3 is 9.64 Å². The fourth-order valence-electron chi connectivity index (χ4n) is 1.66. The number of nitrogens with zero attached hydrogens (tertiary/aromatic N) is 1. The molecule has 1 aliphatic rings. The molecule has 0 aromatic carbocycles. The predicted octanol–water partition coefficient (Wildman–Crippen LogP) is 1.57. The molecular weight excluding hydrogens is 211 g/mol. The van der Waals surface area contributed by atoms with Crippen molar-refractivity contribution in [1.82, 2.24) is 4.90 Å². The van der Waals surface area contributed by atoms with Crippen LogP contribution in [0.2, 0.25) is 0 Å². The molecule has 0 spiro atoms. The summed E-state index contributed by atoms with van der Waals surface area (Å²) in [6.45, 7) is 3.95. The predicted molar refractivity (Wildman–Crippen MR) is 47.3 cm³/mol. The highest BCUT2D eigenvalue weighted by Gasteiger charge is 2.35. The first-order valence-corrected chi connectivity index (χ1v) is 4.78. The lowest BCUT2D eigenvalue weighted by Gasteiger charge is -2.35. The fraction of sp³-hybridized carbons (Fsp3) is 0.889. The zero-order chi connectivity index (χ0) is 11.6. The number of hydrogen-bond donors (Lipinski definition) is 0. The van der Waals surface area contributed by atoms with Crippen molar-refractivity contribution < 1.29 is 22.7 Å². The number of carbonyl (C=O) groups is 1. The van der Waals surface area contributed by atoms with Gasteiger partial charge in [0.1, 0.15) is 6.42 Å². The summed E-state index contributed by atoms with van der Waals surface area (Å²) in [5.41, 5.74) is 0. The van der Waals surface area contributed by atoms with E-state index < -0.39 is 18.5 Å². The van der Waals surface area contributed by atoms with Crippen LogP contribution in [-0.4, -0.2) is 42.3 Å². The van der Waals surface area contributed by atoms with Crippen LogP contribution in [0.15, 0.2) is 0 Å². The molecule has 0 N–H and O–H groups in total. The van der Waals surface area contributed by atoms with E-state index in [4.69, 9.17) is 4.74 Å². The third-order valence-corrected chi connectivity index (χ3v) is 2.12. The molecule has 1 saturated heterocycles. The van der Waals surface area contributed by atoms with E-state index in [0.717, 1.165) is 0 Å². The largest absolute Gasteiger partial charge is 0.397 e. The van der Waals surface area contributed by atoms with Gasteiger partial charge in [0.15, 0.2) is 0 Å². The Bertz CT molecular complexity index is 232. The summed E-state index contributed by atoms with van der Waals surface area (Å²) in [5, 5.41) is 0. The third-order valence-electron chi connectivity index (χ3n) is 2.12. The number of morpholine rings is 1. The average molecular weight is 225 g/mol. The van der Waals surface area contributed by atoms with Gasteiger partial charge in [-0.25, -0.2) is 0 Å². The molecule has 1 amide bonds. The lowest BCUT2D eigenvalue weighted by atomic mass is 10.2. The Morgan fingerprint density at radius 2 is 1.80 bits per heavy atom. The van der Waals surface area contributed by atoms with Crippen LogP contribution in [0, 0.1) is 0 Å². The lowest BCUT2D eigenvalue weighted by Crippen LogP contribution is -2.49. The number of amides is 1. The molecule has 1 heterocycles. The van der Waals surface area contributed by atoms with Crippen LogP contribution >= 0.6 is 0 Å². The van der Waals surface area contributed by atoms with Crippen LogP contribution in [0.5, 0.6) is 0 Å². The second kappa shape index (κ2) is 4.38. The first-order valence-electron chi connectivity index (χ1n) is 4.78. The minimum absolute atomic E-state index is 0.203. The maximum absolute atomic E-state index is 12.0. The second-order valence-electron chi connectivity index (χ2n) is 3.85. The standard InChI is InChI=1S/C9H14F3NO2/c1-6-4-13(5-7(2)15-6)8(14)3-9(10,11)12/h6-7H,3-5H2,1-2H3. The molecule has 2 atom stereocenters. The molecular formula is C9H14F3NO2. The van der Waals surface area contributed by atoms with Crippen LogP contribution in [0.3, 0.4) is 0 Å². The molecule has 0 saturated carbocycles. The van der Waals surface area contributed by atoms with Gasteiger partial charge in [0.2, 0.25) is 5.91 Å². The molecule has 6 heteroatoms. The number of rotatable bonds is 1. The molecule has 0 aromatic rings. The molecule has 0 aromatic heterocycles. The second-order valence-corrected chi connectivity index (χ2v) is 3.85. The monoisotopic (exact) mass is 225 g/mol. The Morgan fingerprint density at radius 1 is 1.33 bits per heavy atom. The SMILES string of the molecule is CC1CN(C(=O)CC(F)(F)F)CC(C)O1. The minimum Gasteiger partial charge on any atom is -0.372 e. The summed E-state index contributed by atoms with van der Waals surface area (Å²) in [6, 6.07) is 0. The highest BCUT2D eigenvalue weighted by atomic mass is 19.4. The van der Waals surface area contributed by atoms with E-state index in [-0.39, 0.29) is 25.3 Å². The first-order chi connectivity index (χ1) is 6.78. The van der Waals surface area contributed by atoms with E-state index in [1.54, 1.807) is 13.8 Å². The van der Waals surface area contributed by atoms with E-state index in [1.165, 1.54) is 4.90 Å². The van der Waals surface area contributed by atoms with Crippen molar-refractivity contribution in [2.75, 3.05) is 13.1 Å². The summed E-state index contributed by atoms with van der Waals surface area (Å²) >= 11 is 0. The van der Waals surface area contributed by atoms with E-state index in [9.17, 15) is 18.0 Å². The van der Waals surface area contributed by atoms with E-state index in [0.29, 0.717) is 0 Å². The Labute approximate surface area is 86.2 Å². The van der Waals surface area contributed by atoms with Gasteiger partial charge in [0.05, 0.1) is 12.2 Å². The van der Waals surface area contributed by atoms with Gasteiger partial charge in [-0.05, 0) is 13.8 Å². The molecule has 1 fully saturated rings. The van der Waals surface area contributed by atoms with Crippen molar-refractivity contribution in [3.05, 3.63) is 0 Å². The molecule has 0 aliphatic carbocycles. The number of ether oxygens (including phenoxy) is 1. The molecule has 3 nitrogen and oxygen atoms in total. The van der Waals surface area contributed by atoms with Crippen molar-refractivity contribution in [1.29, 1.82) is 0 Å². The van der Waals surface area contributed by atoms with Crippen LogP contribution in [0.1, 0.15) is 20.3 Å². The van der Waals surface area contributed by atoms with Gasteiger partial charge in [0.25, 0.3) is 0 Å². The van der Waals surface area contributed by atoms with Crippen molar-refractivity contribution in [3.63, 3.8) is 0 Å². The minimum atomic E-state index is -4.43. The van der Waals surface area contributed by atoms with Crippen LogP contribution in [0.25, 0.3) is 0 Å². The van der Waals surface area contributed by atoms with Crippen LogP contribution < -0.4 is 0 Å². The Morgan fingerprint density at radius 3 is 2.20 bits per heavy atom. The van der Waals surface area contributed by atoms with Gasteiger partial charge in [-0.15, -0.1) is 0 Å². The molecule has 1 aliphatic heterocycles. The van der Waals surface area contributed by atoms with Crippen molar-refractivity contribution in [2.24, 2.45) is 0 Å². The van der Waals surface area contributed by atoms with E-state index >= 15 is 0 Å². The number of carbonyl (C=O) groups excluding carboxylic acids is 1. The van der Waals surface area contributed by atoms with E-state index in [1.807, 2.05) is 0 Å². The molecule has 15 heavy (non-hydrogen) atoms. The smallest absolute Gasteiger partial charge is 0.372 e. The first kappa shape index (κ1) is 12.3. The summed E-state index contributed by atoms with van der Waals surface area (Å²) < 4.78 is 41.3. The topological polar surface area (TPSA) is 29.5 Å². The summed E-state index contributed by atoms with van der Waals surface area (Å²) in [4.78, 5) is 12.5. The maximum Gasteiger partial charge on any atom is 0.397 e. The average Bonchev–Trinajstić information content (AvgIpc) is 1.98. The zero-order valence-corrected chi connectivity index (χ0v) is 8.67. The fourth-order valence-corrected chi connectivity index (χ4v) is 1.66. The quantitative estimate of drug-likeness (QED) is 0.678. The van der Waals surface area contributed by atoms with Crippen LogP contribution in [0.4, 0.5) is 13.2 Å². The molecule has 2 unspecified atom stereocenters. The normalized spacial score (nSPS) is 27.9. The van der Waals surface area contributed by atoms with Crippen molar-refractivity contribution in [2.45, 2.75) is 38.7 Å². The summed E-state index contributed by atoms with van der Waals surface area (Å²) in [5.74, 6) is -0.871. The van der Waals surface area contributed by atoms with Crippen molar-refractivity contribution >= 4 is 5.91 Å².